The normalized spacial score (nSPS) is 11.6. The Morgan fingerprint density at radius 3 is 2.61 bits per heavy atom. The van der Waals surface area contributed by atoms with Crippen molar-refractivity contribution in [1.29, 1.82) is 0 Å². The first kappa shape index (κ1) is 22.6. The molecule has 0 saturated carbocycles. The summed E-state index contributed by atoms with van der Waals surface area (Å²) in [6.07, 6.45) is 1.52. The van der Waals surface area contributed by atoms with Gasteiger partial charge in [0, 0.05) is 5.56 Å². The van der Waals surface area contributed by atoms with E-state index in [4.69, 9.17) is 21.3 Å². The number of para-hydroxylation sites is 1. The molecule has 0 amide bonds. The molecule has 0 aliphatic rings. The average molecular weight is 462 g/mol. The van der Waals surface area contributed by atoms with Gasteiger partial charge in [0.2, 0.25) is 0 Å². The molecule has 0 fully saturated rings. The van der Waals surface area contributed by atoms with Crippen molar-refractivity contribution in [3.05, 3.63) is 86.7 Å². The molecule has 3 aromatic carbocycles. The maximum atomic E-state index is 13.4. The summed E-state index contributed by atoms with van der Waals surface area (Å²) >= 11 is 6.02. The monoisotopic (exact) mass is 461 g/mol. The van der Waals surface area contributed by atoms with Gasteiger partial charge in [-0.2, -0.15) is 9.78 Å². The second kappa shape index (κ2) is 9.08. The number of phenolic OH excluding ortho intramolecular Hbond substituents is 1. The number of fused-ring (bicyclic) bond motifs is 1. The lowest BCUT2D eigenvalue weighted by molar-refractivity contribution is 0.407. The number of halogens is 1. The highest BCUT2D eigenvalue weighted by atomic mass is 35.5. The van der Waals surface area contributed by atoms with Crippen LogP contribution in [0.1, 0.15) is 36.5 Å². The summed E-state index contributed by atoms with van der Waals surface area (Å²) in [6.45, 7) is 6.13. The van der Waals surface area contributed by atoms with E-state index in [1.54, 1.807) is 31.4 Å². The van der Waals surface area contributed by atoms with E-state index in [0.29, 0.717) is 22.3 Å². The maximum Gasteiger partial charge on any atom is 0.282 e. The highest BCUT2D eigenvalue weighted by Crippen LogP contribution is 2.34. The molecule has 0 atom stereocenters. The molecular weight excluding hydrogens is 438 g/mol. The Kier molecular flexibility index (Phi) is 6.20. The number of benzene rings is 3. The molecule has 4 aromatic rings. The lowest BCUT2D eigenvalue weighted by Gasteiger charge is -2.17. The van der Waals surface area contributed by atoms with Gasteiger partial charge in [-0.15, -0.1) is 0 Å². The number of aryl methyl sites for hydroxylation is 1. The van der Waals surface area contributed by atoms with Crippen molar-refractivity contribution in [3.8, 4) is 22.9 Å². The van der Waals surface area contributed by atoms with Crippen molar-refractivity contribution in [2.24, 2.45) is 5.10 Å². The molecule has 1 N–H and O–H groups in total. The Labute approximate surface area is 196 Å². The van der Waals surface area contributed by atoms with Crippen molar-refractivity contribution in [2.45, 2.75) is 26.7 Å². The van der Waals surface area contributed by atoms with E-state index in [0.717, 1.165) is 22.4 Å². The van der Waals surface area contributed by atoms with E-state index >= 15 is 0 Å². The summed E-state index contributed by atoms with van der Waals surface area (Å²) in [5.74, 6) is 1.42. The molecule has 0 bridgehead atoms. The number of phenols is 1. The fraction of sp³-hybridized carbons (Fsp3) is 0.192. The Balaban J connectivity index is 1.98. The molecule has 6 nitrogen and oxygen atoms in total. The Morgan fingerprint density at radius 2 is 1.91 bits per heavy atom. The summed E-state index contributed by atoms with van der Waals surface area (Å²) in [5, 5.41) is 14.8. The lowest BCUT2D eigenvalue weighted by Crippen LogP contribution is -2.20. The molecule has 0 saturated heterocycles. The van der Waals surface area contributed by atoms with Crippen LogP contribution in [0.2, 0.25) is 5.02 Å². The molecule has 33 heavy (non-hydrogen) atoms. The van der Waals surface area contributed by atoms with E-state index in [-0.39, 0.29) is 22.2 Å². The molecule has 1 aromatic heterocycles. The number of nitrogens with zero attached hydrogens (tertiary/aromatic N) is 3. The van der Waals surface area contributed by atoms with Gasteiger partial charge in [-0.3, -0.25) is 4.79 Å². The van der Waals surface area contributed by atoms with Crippen LogP contribution in [-0.4, -0.2) is 28.1 Å². The molecule has 0 aliphatic heterocycles. The van der Waals surface area contributed by atoms with Crippen LogP contribution in [0, 0.1) is 6.92 Å². The molecule has 7 heteroatoms. The standard InChI is InChI=1S/C26H24ClN3O3/c1-15(2)19-13-20(16(3)11-24(19)33-4)25-29-22-8-6-5-7-18(22)26(32)30(25)28-14-17-9-10-23(31)21(27)12-17/h5-15,31H,1-4H3. The predicted octanol–water partition coefficient (Wildman–Crippen LogP) is 5.75. The quantitative estimate of drug-likeness (QED) is 0.384. The molecule has 0 aliphatic carbocycles. The summed E-state index contributed by atoms with van der Waals surface area (Å²) in [6, 6.07) is 15.9. The van der Waals surface area contributed by atoms with Crippen molar-refractivity contribution in [2.75, 3.05) is 7.11 Å². The zero-order valence-electron chi connectivity index (χ0n) is 18.8. The van der Waals surface area contributed by atoms with Crippen LogP contribution in [0.15, 0.2) is 64.5 Å². The van der Waals surface area contributed by atoms with Gasteiger partial charge in [0.25, 0.3) is 5.56 Å². The van der Waals surface area contributed by atoms with Crippen LogP contribution in [0.3, 0.4) is 0 Å². The molecule has 0 radical (unpaired) electrons. The topological polar surface area (TPSA) is 76.7 Å². The first-order chi connectivity index (χ1) is 15.8. The summed E-state index contributed by atoms with van der Waals surface area (Å²) in [5.41, 5.74) is 3.67. The van der Waals surface area contributed by atoms with Crippen LogP contribution >= 0.6 is 11.6 Å². The van der Waals surface area contributed by atoms with Crippen LogP contribution in [-0.2, 0) is 0 Å². The Morgan fingerprint density at radius 1 is 1.15 bits per heavy atom. The molecular formula is C26H24ClN3O3. The minimum absolute atomic E-state index is 0.0193. The van der Waals surface area contributed by atoms with Crippen LogP contribution in [0.4, 0.5) is 0 Å². The van der Waals surface area contributed by atoms with Gasteiger partial charge in [-0.05, 0) is 72.0 Å². The third kappa shape index (κ3) is 4.34. The largest absolute Gasteiger partial charge is 0.506 e. The van der Waals surface area contributed by atoms with Crippen LogP contribution in [0.5, 0.6) is 11.5 Å². The first-order valence-electron chi connectivity index (χ1n) is 10.5. The number of hydrogen-bond acceptors (Lipinski definition) is 5. The van der Waals surface area contributed by atoms with Crippen molar-refractivity contribution < 1.29 is 9.84 Å². The molecule has 168 valence electrons. The summed E-state index contributed by atoms with van der Waals surface area (Å²) < 4.78 is 6.88. The fourth-order valence-electron chi connectivity index (χ4n) is 3.70. The number of aromatic hydroxyl groups is 1. The molecule has 1 heterocycles. The van der Waals surface area contributed by atoms with E-state index in [2.05, 4.69) is 18.9 Å². The highest BCUT2D eigenvalue weighted by molar-refractivity contribution is 6.32. The molecule has 0 spiro atoms. The van der Waals surface area contributed by atoms with Gasteiger partial charge in [-0.25, -0.2) is 4.98 Å². The highest BCUT2D eigenvalue weighted by Gasteiger charge is 2.18. The first-order valence-corrected chi connectivity index (χ1v) is 10.9. The van der Waals surface area contributed by atoms with E-state index in [1.165, 1.54) is 17.0 Å². The van der Waals surface area contributed by atoms with Gasteiger partial charge in [0.15, 0.2) is 5.82 Å². The number of aromatic nitrogens is 2. The Hall–Kier alpha value is -3.64. The van der Waals surface area contributed by atoms with E-state index in [9.17, 15) is 9.90 Å². The van der Waals surface area contributed by atoms with Gasteiger partial charge in [0.1, 0.15) is 11.5 Å². The van der Waals surface area contributed by atoms with E-state index in [1.807, 2.05) is 31.2 Å². The third-order valence-electron chi connectivity index (χ3n) is 5.49. The average Bonchev–Trinajstić information content (AvgIpc) is 2.80. The lowest BCUT2D eigenvalue weighted by atomic mass is 9.96. The van der Waals surface area contributed by atoms with Crippen LogP contribution in [0.25, 0.3) is 22.3 Å². The van der Waals surface area contributed by atoms with Gasteiger partial charge in [0.05, 0.1) is 29.2 Å². The number of ether oxygens (including phenoxy) is 1. The minimum atomic E-state index is -0.280. The van der Waals surface area contributed by atoms with Gasteiger partial charge >= 0.3 is 0 Å². The second-order valence-electron chi connectivity index (χ2n) is 8.09. The van der Waals surface area contributed by atoms with Crippen molar-refractivity contribution in [1.82, 2.24) is 9.66 Å². The Bertz CT molecular complexity index is 1440. The summed E-state index contributed by atoms with van der Waals surface area (Å²) in [7, 11) is 1.65. The number of rotatable bonds is 5. The summed E-state index contributed by atoms with van der Waals surface area (Å²) in [4.78, 5) is 18.2. The second-order valence-corrected chi connectivity index (χ2v) is 8.50. The number of methoxy groups -OCH3 is 1. The van der Waals surface area contributed by atoms with Crippen LogP contribution < -0.4 is 10.3 Å². The van der Waals surface area contributed by atoms with E-state index < -0.39 is 0 Å². The SMILES string of the molecule is COc1cc(C)c(-c2nc3ccccc3c(=O)n2N=Cc2ccc(O)c(Cl)c2)cc1C(C)C. The fourth-order valence-corrected chi connectivity index (χ4v) is 3.89. The maximum absolute atomic E-state index is 13.4. The molecule has 4 rings (SSSR count). The predicted molar refractivity (Wildman–Crippen MR) is 133 cm³/mol. The zero-order chi connectivity index (χ0) is 23.7. The van der Waals surface area contributed by atoms with Gasteiger partial charge in [-0.1, -0.05) is 37.6 Å². The van der Waals surface area contributed by atoms with Gasteiger partial charge < -0.3 is 9.84 Å². The smallest absolute Gasteiger partial charge is 0.282 e. The molecule has 0 unspecified atom stereocenters. The third-order valence-corrected chi connectivity index (χ3v) is 5.79. The zero-order valence-corrected chi connectivity index (χ0v) is 19.6. The van der Waals surface area contributed by atoms with Crippen molar-refractivity contribution in [3.63, 3.8) is 0 Å². The van der Waals surface area contributed by atoms with Crippen molar-refractivity contribution >= 4 is 28.7 Å². The minimum Gasteiger partial charge on any atom is -0.506 e. The number of hydrogen-bond donors (Lipinski definition) is 1.